The number of halogens is 1. The third-order valence-corrected chi connectivity index (χ3v) is 4.26. The second-order valence-electron chi connectivity index (χ2n) is 5.98. The number of hydrogen-bond acceptors (Lipinski definition) is 4. The van der Waals surface area contributed by atoms with Crippen LogP contribution in [0.1, 0.15) is 43.5 Å². The van der Waals surface area contributed by atoms with Gasteiger partial charge in [0.25, 0.3) is 5.56 Å². The summed E-state index contributed by atoms with van der Waals surface area (Å²) in [5.74, 6) is 0.729. The molecule has 0 spiro atoms. The molecule has 23 heavy (non-hydrogen) atoms. The van der Waals surface area contributed by atoms with Crippen LogP contribution in [0, 0.1) is 11.3 Å². The molecule has 0 radical (unpaired) electrons. The molecule has 1 fully saturated rings. The summed E-state index contributed by atoms with van der Waals surface area (Å²) >= 11 is 0. The molecule has 0 unspecified atom stereocenters. The van der Waals surface area contributed by atoms with Crippen LogP contribution in [0.25, 0.3) is 0 Å². The molecule has 6 heteroatoms. The van der Waals surface area contributed by atoms with Gasteiger partial charge in [0.2, 0.25) is 0 Å². The molecule has 1 aromatic heterocycles. The molecular formula is C17H19FN4O. The molecule has 2 heterocycles. The van der Waals surface area contributed by atoms with E-state index in [-0.39, 0.29) is 11.4 Å². The fourth-order valence-corrected chi connectivity index (χ4v) is 3.10. The van der Waals surface area contributed by atoms with Gasteiger partial charge in [-0.2, -0.15) is 5.26 Å². The van der Waals surface area contributed by atoms with Gasteiger partial charge in [-0.15, -0.1) is 0 Å². The summed E-state index contributed by atoms with van der Waals surface area (Å²) in [6, 6.07) is 1.97. The zero-order valence-electron chi connectivity index (χ0n) is 12.9. The first-order chi connectivity index (χ1) is 11.2. The summed E-state index contributed by atoms with van der Waals surface area (Å²) in [4.78, 5) is 21.4. The summed E-state index contributed by atoms with van der Waals surface area (Å²) in [5.41, 5.74) is 0.562. The number of hydrogen-bond donors (Lipinski definition) is 1. The number of piperidine rings is 1. The van der Waals surface area contributed by atoms with Gasteiger partial charge in [0.15, 0.2) is 11.4 Å². The largest absolute Gasteiger partial charge is 0.355 e. The van der Waals surface area contributed by atoms with Gasteiger partial charge in [0, 0.05) is 19.5 Å². The van der Waals surface area contributed by atoms with E-state index in [1.807, 2.05) is 11.0 Å². The molecule has 120 valence electrons. The average Bonchev–Trinajstić information content (AvgIpc) is 2.55. The van der Waals surface area contributed by atoms with E-state index < -0.39 is 5.56 Å². The number of rotatable bonds is 3. The predicted octanol–water partition coefficient (Wildman–Crippen LogP) is 2.75. The lowest BCUT2D eigenvalue weighted by Gasteiger charge is -2.28. The quantitative estimate of drug-likeness (QED) is 0.931. The minimum Gasteiger partial charge on any atom is -0.355 e. The van der Waals surface area contributed by atoms with E-state index in [1.165, 1.54) is 6.08 Å². The van der Waals surface area contributed by atoms with Gasteiger partial charge in [-0.05, 0) is 44.3 Å². The van der Waals surface area contributed by atoms with E-state index in [0.717, 1.165) is 44.3 Å². The molecule has 3 rings (SSSR count). The first-order valence-corrected chi connectivity index (χ1v) is 8.00. The van der Waals surface area contributed by atoms with E-state index in [4.69, 9.17) is 0 Å². The van der Waals surface area contributed by atoms with Crippen molar-refractivity contribution in [3.05, 3.63) is 45.3 Å². The molecule has 1 aromatic rings. The van der Waals surface area contributed by atoms with Crippen LogP contribution < -0.4 is 10.5 Å². The van der Waals surface area contributed by atoms with Crippen molar-refractivity contribution in [2.45, 2.75) is 38.5 Å². The van der Waals surface area contributed by atoms with E-state index in [0.29, 0.717) is 24.5 Å². The highest BCUT2D eigenvalue weighted by atomic mass is 19.1. The molecule has 0 saturated carbocycles. The van der Waals surface area contributed by atoms with Crippen LogP contribution in [-0.4, -0.2) is 23.1 Å². The summed E-state index contributed by atoms with van der Waals surface area (Å²) in [6.45, 7) is 1.62. The van der Waals surface area contributed by atoms with Crippen molar-refractivity contribution in [2.75, 3.05) is 18.0 Å². The molecule has 2 aliphatic rings. The van der Waals surface area contributed by atoms with Gasteiger partial charge in [-0.3, -0.25) is 4.79 Å². The van der Waals surface area contributed by atoms with Crippen molar-refractivity contribution < 1.29 is 4.39 Å². The smallest absolute Gasteiger partial charge is 0.271 e. The number of nitriles is 1. The maximum Gasteiger partial charge on any atom is 0.271 e. The highest BCUT2D eigenvalue weighted by molar-refractivity contribution is 5.53. The maximum atomic E-state index is 13.3. The topological polar surface area (TPSA) is 72.8 Å². The van der Waals surface area contributed by atoms with Crippen LogP contribution in [0.5, 0.6) is 0 Å². The maximum absolute atomic E-state index is 13.3. The van der Waals surface area contributed by atoms with Crippen molar-refractivity contribution in [1.29, 1.82) is 5.26 Å². The Hall–Kier alpha value is -2.42. The lowest BCUT2D eigenvalue weighted by molar-refractivity contribution is 0.571. The van der Waals surface area contributed by atoms with Crippen molar-refractivity contribution in [2.24, 2.45) is 0 Å². The highest BCUT2D eigenvalue weighted by Gasteiger charge is 2.20. The Balaban J connectivity index is 1.93. The van der Waals surface area contributed by atoms with Crippen molar-refractivity contribution in [1.82, 2.24) is 9.97 Å². The molecule has 1 N–H and O–H groups in total. The molecule has 1 saturated heterocycles. The Morgan fingerprint density at radius 1 is 1.35 bits per heavy atom. The molecule has 0 atom stereocenters. The highest BCUT2D eigenvalue weighted by Crippen LogP contribution is 2.23. The van der Waals surface area contributed by atoms with Crippen LogP contribution in [0.15, 0.2) is 28.3 Å². The fourth-order valence-electron chi connectivity index (χ4n) is 3.10. The van der Waals surface area contributed by atoms with Crippen molar-refractivity contribution in [3.8, 4) is 6.07 Å². The van der Waals surface area contributed by atoms with Gasteiger partial charge in [0.05, 0.1) is 0 Å². The van der Waals surface area contributed by atoms with Gasteiger partial charge in [0.1, 0.15) is 17.7 Å². The zero-order chi connectivity index (χ0) is 16.2. The fraction of sp³-hybridized carbons (Fsp3) is 0.471. The van der Waals surface area contributed by atoms with Crippen LogP contribution in [-0.2, 0) is 6.42 Å². The minimum absolute atomic E-state index is 0.0688. The third-order valence-electron chi connectivity index (χ3n) is 4.26. The van der Waals surface area contributed by atoms with E-state index >= 15 is 0 Å². The summed E-state index contributed by atoms with van der Waals surface area (Å²) in [5, 5.41) is 9.27. The molecule has 0 bridgehead atoms. The molecule has 5 nitrogen and oxygen atoms in total. The summed E-state index contributed by atoms with van der Waals surface area (Å²) in [6.07, 6.45) is 8.12. The van der Waals surface area contributed by atoms with E-state index in [9.17, 15) is 14.4 Å². The van der Waals surface area contributed by atoms with Gasteiger partial charge in [-0.1, -0.05) is 5.57 Å². The Labute approximate surface area is 134 Å². The monoisotopic (exact) mass is 314 g/mol. The Morgan fingerprint density at radius 3 is 2.83 bits per heavy atom. The number of nitrogens with one attached hydrogen (secondary N) is 1. The first-order valence-electron chi connectivity index (χ1n) is 8.00. The second-order valence-corrected chi connectivity index (χ2v) is 5.98. The molecule has 1 aliphatic heterocycles. The third kappa shape index (κ3) is 3.50. The SMILES string of the molecule is N#Cc1c(N2CCCCC2)nc(CC2=CC(F)=CCC2)[nH]c1=O. The van der Waals surface area contributed by atoms with Gasteiger partial charge in [-0.25, -0.2) is 9.37 Å². The van der Waals surface area contributed by atoms with Crippen molar-refractivity contribution in [3.63, 3.8) is 0 Å². The summed E-state index contributed by atoms with van der Waals surface area (Å²) in [7, 11) is 0. The number of aromatic amines is 1. The predicted molar refractivity (Wildman–Crippen MR) is 85.8 cm³/mol. The average molecular weight is 314 g/mol. The first kappa shape index (κ1) is 15.5. The minimum atomic E-state index is -0.412. The van der Waals surface area contributed by atoms with Gasteiger partial charge < -0.3 is 9.88 Å². The lowest BCUT2D eigenvalue weighted by atomic mass is 10.0. The Kier molecular flexibility index (Phi) is 4.56. The molecule has 1 aliphatic carbocycles. The number of H-pyrrole nitrogens is 1. The van der Waals surface area contributed by atoms with E-state index in [1.54, 1.807) is 6.08 Å². The Morgan fingerprint density at radius 2 is 2.13 bits per heavy atom. The lowest BCUT2D eigenvalue weighted by Crippen LogP contribution is -2.33. The van der Waals surface area contributed by atoms with Gasteiger partial charge >= 0.3 is 0 Å². The van der Waals surface area contributed by atoms with Crippen LogP contribution in [0.3, 0.4) is 0 Å². The van der Waals surface area contributed by atoms with Crippen LogP contribution >= 0.6 is 0 Å². The summed E-state index contributed by atoms with van der Waals surface area (Å²) < 4.78 is 13.3. The zero-order valence-corrected chi connectivity index (χ0v) is 12.9. The second kappa shape index (κ2) is 6.78. The molecular weight excluding hydrogens is 295 g/mol. The standard InChI is InChI=1S/C17H19FN4O/c18-13-6-4-5-12(9-13)10-15-20-16(14(11-19)17(23)21-15)22-7-2-1-3-8-22/h6,9H,1-5,7-8,10H2,(H,20,21,23). The normalized spacial score (nSPS) is 18.2. The van der Waals surface area contributed by atoms with Crippen LogP contribution in [0.4, 0.5) is 10.2 Å². The van der Waals surface area contributed by atoms with E-state index in [2.05, 4.69) is 9.97 Å². The molecule has 0 aromatic carbocycles. The van der Waals surface area contributed by atoms with Crippen LogP contribution in [0.2, 0.25) is 0 Å². The molecule has 0 amide bonds. The number of aromatic nitrogens is 2. The Bertz CT molecular complexity index is 751. The number of allylic oxidation sites excluding steroid dienone is 4. The number of anilines is 1. The number of nitrogens with zero attached hydrogens (tertiary/aromatic N) is 3. The van der Waals surface area contributed by atoms with Crippen molar-refractivity contribution >= 4 is 5.82 Å².